The highest BCUT2D eigenvalue weighted by atomic mass is 32.2. The monoisotopic (exact) mass is 256 g/mol. The molecule has 0 saturated heterocycles. The summed E-state index contributed by atoms with van der Waals surface area (Å²) in [6.07, 6.45) is 0.908. The van der Waals surface area contributed by atoms with Crippen LogP contribution in [0.15, 0.2) is 54.6 Å². The standard InChI is InChI=1S/C16H16OS/c1-12(2)16(17)18-11-10-14-8-5-7-13-6-3-4-9-15(13)14/h3-9H,1,10-11H2,2H3. The van der Waals surface area contributed by atoms with Gasteiger partial charge in [0, 0.05) is 5.75 Å². The van der Waals surface area contributed by atoms with Crippen LogP contribution in [-0.2, 0) is 11.2 Å². The van der Waals surface area contributed by atoms with E-state index in [0.717, 1.165) is 12.2 Å². The summed E-state index contributed by atoms with van der Waals surface area (Å²) in [4.78, 5) is 11.5. The number of thioether (sulfide) groups is 1. The minimum atomic E-state index is 0.0928. The van der Waals surface area contributed by atoms with Crippen LogP contribution in [0, 0.1) is 0 Å². The molecule has 0 fully saturated rings. The summed E-state index contributed by atoms with van der Waals surface area (Å²) in [7, 11) is 0. The number of hydrogen-bond acceptors (Lipinski definition) is 2. The summed E-state index contributed by atoms with van der Waals surface area (Å²) in [5.74, 6) is 0.805. The van der Waals surface area contributed by atoms with E-state index in [1.807, 2.05) is 6.07 Å². The van der Waals surface area contributed by atoms with Gasteiger partial charge in [0.1, 0.15) is 0 Å². The number of benzene rings is 2. The molecule has 1 nitrogen and oxygen atoms in total. The van der Waals surface area contributed by atoms with E-state index in [4.69, 9.17) is 0 Å². The van der Waals surface area contributed by atoms with Crippen molar-refractivity contribution in [1.82, 2.24) is 0 Å². The lowest BCUT2D eigenvalue weighted by molar-refractivity contribution is -0.107. The van der Waals surface area contributed by atoms with Crippen LogP contribution in [0.2, 0.25) is 0 Å². The Bertz CT molecular complexity index is 581. The molecule has 0 aliphatic rings. The van der Waals surface area contributed by atoms with Gasteiger partial charge in [0.2, 0.25) is 5.12 Å². The molecule has 92 valence electrons. The fraction of sp³-hybridized carbons (Fsp3) is 0.188. The summed E-state index contributed by atoms with van der Waals surface area (Å²) in [5.41, 5.74) is 1.92. The average molecular weight is 256 g/mol. The molecule has 2 aromatic carbocycles. The molecule has 0 aromatic heterocycles. The van der Waals surface area contributed by atoms with Crippen LogP contribution < -0.4 is 0 Å². The van der Waals surface area contributed by atoms with Crippen LogP contribution in [0.1, 0.15) is 12.5 Å². The zero-order chi connectivity index (χ0) is 13.0. The molecule has 0 aliphatic carbocycles. The number of rotatable bonds is 4. The lowest BCUT2D eigenvalue weighted by atomic mass is 10.0. The molecule has 2 heteroatoms. The third-order valence-corrected chi connectivity index (χ3v) is 3.85. The fourth-order valence-corrected chi connectivity index (χ4v) is 2.64. The SMILES string of the molecule is C=C(C)C(=O)SCCc1cccc2ccccc12. The van der Waals surface area contributed by atoms with E-state index in [9.17, 15) is 4.79 Å². The van der Waals surface area contributed by atoms with Crippen molar-refractivity contribution in [2.24, 2.45) is 0 Å². The highest BCUT2D eigenvalue weighted by Crippen LogP contribution is 2.20. The molecule has 0 saturated carbocycles. The second kappa shape index (κ2) is 5.87. The summed E-state index contributed by atoms with van der Waals surface area (Å²) in [5, 5.41) is 2.63. The van der Waals surface area contributed by atoms with Gasteiger partial charge in [0.25, 0.3) is 0 Å². The van der Waals surface area contributed by atoms with E-state index >= 15 is 0 Å². The van der Waals surface area contributed by atoms with E-state index in [1.54, 1.807) is 6.92 Å². The van der Waals surface area contributed by atoms with Gasteiger partial charge in [-0.1, -0.05) is 60.8 Å². The maximum atomic E-state index is 11.5. The molecule has 0 bridgehead atoms. The number of aryl methyl sites for hydroxylation is 1. The lowest BCUT2D eigenvalue weighted by Gasteiger charge is -2.06. The van der Waals surface area contributed by atoms with Gasteiger partial charge < -0.3 is 0 Å². The van der Waals surface area contributed by atoms with Crippen molar-refractivity contribution in [3.63, 3.8) is 0 Å². The Balaban J connectivity index is 2.08. The van der Waals surface area contributed by atoms with E-state index in [-0.39, 0.29) is 5.12 Å². The van der Waals surface area contributed by atoms with Gasteiger partial charge in [0.15, 0.2) is 0 Å². The third kappa shape index (κ3) is 3.02. The molecule has 18 heavy (non-hydrogen) atoms. The summed E-state index contributed by atoms with van der Waals surface area (Å²) in [6.45, 7) is 5.42. The Morgan fingerprint density at radius 3 is 2.67 bits per heavy atom. The molecule has 0 unspecified atom stereocenters. The smallest absolute Gasteiger partial charge is 0.214 e. The van der Waals surface area contributed by atoms with Crippen molar-refractivity contribution in [3.05, 3.63) is 60.2 Å². The Kier molecular flexibility index (Phi) is 4.21. The molecule has 0 amide bonds. The van der Waals surface area contributed by atoms with E-state index in [2.05, 4.69) is 43.0 Å². The molecule has 0 aliphatic heterocycles. The van der Waals surface area contributed by atoms with Crippen molar-refractivity contribution in [2.45, 2.75) is 13.3 Å². The normalized spacial score (nSPS) is 10.5. The fourth-order valence-electron chi connectivity index (χ4n) is 1.89. The molecule has 0 N–H and O–H groups in total. The van der Waals surface area contributed by atoms with Gasteiger partial charge in [-0.2, -0.15) is 0 Å². The Labute approximate surface area is 112 Å². The Hall–Kier alpha value is -1.54. The summed E-state index contributed by atoms with van der Waals surface area (Å²) < 4.78 is 0. The molecule has 0 atom stereocenters. The third-order valence-electron chi connectivity index (χ3n) is 2.83. The summed E-state index contributed by atoms with van der Waals surface area (Å²) >= 11 is 1.35. The number of carbonyl (C=O) groups excluding carboxylic acids is 1. The molecule has 2 aromatic rings. The van der Waals surface area contributed by atoms with Gasteiger partial charge in [-0.05, 0) is 35.3 Å². The number of carbonyl (C=O) groups is 1. The van der Waals surface area contributed by atoms with Crippen molar-refractivity contribution in [1.29, 1.82) is 0 Å². The van der Waals surface area contributed by atoms with Gasteiger partial charge >= 0.3 is 0 Å². The second-order valence-corrected chi connectivity index (χ2v) is 5.37. The lowest BCUT2D eigenvalue weighted by Crippen LogP contribution is -1.97. The molecular weight excluding hydrogens is 240 g/mol. The van der Waals surface area contributed by atoms with Gasteiger partial charge in [-0.3, -0.25) is 4.79 Å². The maximum Gasteiger partial charge on any atom is 0.214 e. The minimum Gasteiger partial charge on any atom is -0.282 e. The predicted octanol–water partition coefficient (Wildman–Crippen LogP) is 4.22. The van der Waals surface area contributed by atoms with Crippen LogP contribution in [-0.4, -0.2) is 10.9 Å². The highest BCUT2D eigenvalue weighted by molar-refractivity contribution is 8.14. The van der Waals surface area contributed by atoms with Crippen molar-refractivity contribution in [3.8, 4) is 0 Å². The van der Waals surface area contributed by atoms with E-state index in [1.165, 1.54) is 28.1 Å². The van der Waals surface area contributed by atoms with Crippen LogP contribution in [0.3, 0.4) is 0 Å². The topological polar surface area (TPSA) is 17.1 Å². The zero-order valence-corrected chi connectivity index (χ0v) is 11.3. The Morgan fingerprint density at radius 2 is 1.89 bits per heavy atom. The molecule has 2 rings (SSSR count). The number of fused-ring (bicyclic) bond motifs is 1. The van der Waals surface area contributed by atoms with Crippen LogP contribution in [0.4, 0.5) is 0 Å². The molecular formula is C16H16OS. The zero-order valence-electron chi connectivity index (χ0n) is 10.5. The molecule has 0 spiro atoms. The quantitative estimate of drug-likeness (QED) is 0.762. The van der Waals surface area contributed by atoms with Crippen molar-refractivity contribution < 1.29 is 4.79 Å². The maximum absolute atomic E-state index is 11.5. The van der Waals surface area contributed by atoms with Crippen LogP contribution in [0.5, 0.6) is 0 Å². The van der Waals surface area contributed by atoms with E-state index < -0.39 is 0 Å². The first-order valence-electron chi connectivity index (χ1n) is 5.98. The van der Waals surface area contributed by atoms with Crippen LogP contribution >= 0.6 is 11.8 Å². The molecule has 0 heterocycles. The van der Waals surface area contributed by atoms with Crippen molar-refractivity contribution in [2.75, 3.05) is 5.75 Å². The highest BCUT2D eigenvalue weighted by Gasteiger charge is 2.04. The minimum absolute atomic E-state index is 0.0928. The first-order chi connectivity index (χ1) is 8.68. The van der Waals surface area contributed by atoms with Crippen LogP contribution in [0.25, 0.3) is 10.8 Å². The van der Waals surface area contributed by atoms with Gasteiger partial charge in [-0.25, -0.2) is 0 Å². The second-order valence-electron chi connectivity index (χ2n) is 4.30. The van der Waals surface area contributed by atoms with Crippen molar-refractivity contribution >= 4 is 27.6 Å². The average Bonchev–Trinajstić information content (AvgIpc) is 2.38. The molecule has 0 radical (unpaired) electrons. The Morgan fingerprint density at radius 1 is 1.17 bits per heavy atom. The summed E-state index contributed by atoms with van der Waals surface area (Å²) in [6, 6.07) is 14.7. The predicted molar refractivity (Wildman–Crippen MR) is 79.9 cm³/mol. The largest absolute Gasteiger partial charge is 0.282 e. The van der Waals surface area contributed by atoms with Gasteiger partial charge in [-0.15, -0.1) is 0 Å². The van der Waals surface area contributed by atoms with Gasteiger partial charge in [0.05, 0.1) is 0 Å². The first kappa shape index (κ1) is 12.9. The van der Waals surface area contributed by atoms with E-state index in [0.29, 0.717) is 5.57 Å². The first-order valence-corrected chi connectivity index (χ1v) is 6.96. The number of hydrogen-bond donors (Lipinski definition) is 0.